The van der Waals surface area contributed by atoms with E-state index in [9.17, 15) is 9.59 Å². The van der Waals surface area contributed by atoms with E-state index in [0.29, 0.717) is 12.1 Å². The van der Waals surface area contributed by atoms with Gasteiger partial charge in [0.1, 0.15) is 0 Å². The summed E-state index contributed by atoms with van der Waals surface area (Å²) >= 11 is 0. The Morgan fingerprint density at radius 1 is 1.09 bits per heavy atom. The number of hydrogen-bond acceptors (Lipinski definition) is 2. The molecule has 5 heteroatoms. The highest BCUT2D eigenvalue weighted by Gasteiger charge is 2.23. The Balaban J connectivity index is 1.64. The zero-order valence-electron chi connectivity index (χ0n) is 12.7. The van der Waals surface area contributed by atoms with Crippen molar-refractivity contribution in [3.63, 3.8) is 0 Å². The van der Waals surface area contributed by atoms with Gasteiger partial charge in [-0.25, -0.2) is 4.79 Å². The summed E-state index contributed by atoms with van der Waals surface area (Å²) in [4.78, 5) is 23.1. The van der Waals surface area contributed by atoms with Crippen molar-refractivity contribution in [2.45, 2.75) is 25.4 Å². The molecule has 1 aliphatic rings. The first-order valence-electron chi connectivity index (χ1n) is 7.64. The molecule has 2 aromatic carbocycles. The van der Waals surface area contributed by atoms with Crippen molar-refractivity contribution in [1.29, 1.82) is 0 Å². The van der Waals surface area contributed by atoms with Gasteiger partial charge < -0.3 is 16.4 Å². The molecule has 0 aliphatic heterocycles. The fourth-order valence-corrected chi connectivity index (χ4v) is 2.91. The number of nitrogens with one attached hydrogen (secondary N) is 2. The quantitative estimate of drug-likeness (QED) is 0.809. The SMILES string of the molecule is NC(=O)NCc1ccc(C(=O)NC2CCc3ccccc32)cc1. The average Bonchev–Trinajstić information content (AvgIpc) is 2.96. The van der Waals surface area contributed by atoms with E-state index in [1.807, 2.05) is 24.3 Å². The van der Waals surface area contributed by atoms with Crippen LogP contribution in [0.25, 0.3) is 0 Å². The topological polar surface area (TPSA) is 84.2 Å². The number of hydrogen-bond donors (Lipinski definition) is 3. The molecule has 1 unspecified atom stereocenters. The van der Waals surface area contributed by atoms with Gasteiger partial charge in [-0.05, 0) is 41.7 Å². The fraction of sp³-hybridized carbons (Fsp3) is 0.222. The first-order valence-corrected chi connectivity index (χ1v) is 7.64. The Bertz CT molecular complexity index is 725. The molecular formula is C18H19N3O2. The number of carbonyl (C=O) groups excluding carboxylic acids is 2. The molecule has 3 amide bonds. The van der Waals surface area contributed by atoms with Crippen molar-refractivity contribution in [2.24, 2.45) is 5.73 Å². The number of nitrogens with two attached hydrogens (primary N) is 1. The lowest BCUT2D eigenvalue weighted by molar-refractivity contribution is 0.0936. The number of benzene rings is 2. The van der Waals surface area contributed by atoms with Gasteiger partial charge in [-0.3, -0.25) is 4.79 Å². The van der Waals surface area contributed by atoms with E-state index in [1.165, 1.54) is 11.1 Å². The Morgan fingerprint density at radius 3 is 2.57 bits per heavy atom. The van der Waals surface area contributed by atoms with Gasteiger partial charge in [-0.15, -0.1) is 0 Å². The molecule has 0 fully saturated rings. The minimum absolute atomic E-state index is 0.0786. The second-order valence-corrected chi connectivity index (χ2v) is 5.68. The highest BCUT2D eigenvalue weighted by atomic mass is 16.2. The van der Waals surface area contributed by atoms with Crippen LogP contribution in [0.4, 0.5) is 4.79 Å². The van der Waals surface area contributed by atoms with Gasteiger partial charge in [0.2, 0.25) is 0 Å². The van der Waals surface area contributed by atoms with Crippen molar-refractivity contribution in [3.8, 4) is 0 Å². The highest BCUT2D eigenvalue weighted by molar-refractivity contribution is 5.94. The number of urea groups is 1. The van der Waals surface area contributed by atoms with Crippen LogP contribution < -0.4 is 16.4 Å². The Kier molecular flexibility index (Phi) is 4.28. The Morgan fingerprint density at radius 2 is 1.83 bits per heavy atom. The Labute approximate surface area is 134 Å². The minimum atomic E-state index is -0.563. The lowest BCUT2D eigenvalue weighted by Gasteiger charge is -2.14. The van der Waals surface area contributed by atoms with Gasteiger partial charge in [-0.1, -0.05) is 36.4 Å². The highest BCUT2D eigenvalue weighted by Crippen LogP contribution is 2.30. The number of primary amides is 1. The number of carbonyl (C=O) groups is 2. The predicted octanol–water partition coefficient (Wildman–Crippen LogP) is 2.27. The van der Waals surface area contributed by atoms with Gasteiger partial charge in [-0.2, -0.15) is 0 Å². The van der Waals surface area contributed by atoms with Crippen molar-refractivity contribution < 1.29 is 9.59 Å². The van der Waals surface area contributed by atoms with Gasteiger partial charge in [0, 0.05) is 12.1 Å². The summed E-state index contributed by atoms with van der Waals surface area (Å²) in [5.74, 6) is -0.0823. The second-order valence-electron chi connectivity index (χ2n) is 5.68. The van der Waals surface area contributed by atoms with E-state index < -0.39 is 6.03 Å². The zero-order chi connectivity index (χ0) is 16.2. The van der Waals surface area contributed by atoms with E-state index in [0.717, 1.165) is 18.4 Å². The molecule has 23 heavy (non-hydrogen) atoms. The summed E-state index contributed by atoms with van der Waals surface area (Å²) in [6.07, 6.45) is 1.94. The molecular weight excluding hydrogens is 290 g/mol. The predicted molar refractivity (Wildman–Crippen MR) is 87.8 cm³/mol. The van der Waals surface area contributed by atoms with Crippen LogP contribution in [0.1, 0.15) is 39.5 Å². The van der Waals surface area contributed by atoms with Gasteiger partial charge >= 0.3 is 6.03 Å². The van der Waals surface area contributed by atoms with Crippen LogP contribution in [0.5, 0.6) is 0 Å². The van der Waals surface area contributed by atoms with Crippen LogP contribution >= 0.6 is 0 Å². The van der Waals surface area contributed by atoms with Crippen molar-refractivity contribution in [2.75, 3.05) is 0 Å². The summed E-state index contributed by atoms with van der Waals surface area (Å²) < 4.78 is 0. The summed E-state index contributed by atoms with van der Waals surface area (Å²) in [5.41, 5.74) is 9.06. The molecule has 5 nitrogen and oxygen atoms in total. The molecule has 0 saturated carbocycles. The summed E-state index contributed by atoms with van der Waals surface area (Å²) in [7, 11) is 0. The van der Waals surface area contributed by atoms with Crippen LogP contribution in [0.3, 0.4) is 0 Å². The molecule has 4 N–H and O–H groups in total. The van der Waals surface area contributed by atoms with E-state index in [1.54, 1.807) is 12.1 Å². The Hall–Kier alpha value is -2.82. The maximum Gasteiger partial charge on any atom is 0.312 e. The monoisotopic (exact) mass is 309 g/mol. The van der Waals surface area contributed by atoms with E-state index in [-0.39, 0.29) is 11.9 Å². The lowest BCUT2D eigenvalue weighted by atomic mass is 10.1. The third-order valence-electron chi connectivity index (χ3n) is 4.12. The molecule has 0 radical (unpaired) electrons. The van der Waals surface area contributed by atoms with Gasteiger partial charge in [0.05, 0.1) is 6.04 Å². The van der Waals surface area contributed by atoms with Crippen LogP contribution in [0.2, 0.25) is 0 Å². The van der Waals surface area contributed by atoms with E-state index in [2.05, 4.69) is 22.8 Å². The van der Waals surface area contributed by atoms with Gasteiger partial charge in [0.25, 0.3) is 5.91 Å². The first-order chi connectivity index (χ1) is 11.1. The van der Waals surface area contributed by atoms with Crippen molar-refractivity contribution in [1.82, 2.24) is 10.6 Å². The number of amides is 3. The third-order valence-corrected chi connectivity index (χ3v) is 4.12. The van der Waals surface area contributed by atoms with E-state index in [4.69, 9.17) is 5.73 Å². The molecule has 0 spiro atoms. The van der Waals surface area contributed by atoms with Crippen LogP contribution in [0, 0.1) is 0 Å². The van der Waals surface area contributed by atoms with Crippen LogP contribution in [-0.2, 0) is 13.0 Å². The first kappa shape index (κ1) is 15.1. The number of fused-ring (bicyclic) bond motifs is 1. The molecule has 1 aliphatic carbocycles. The molecule has 0 bridgehead atoms. The average molecular weight is 309 g/mol. The largest absolute Gasteiger partial charge is 0.352 e. The molecule has 0 aromatic heterocycles. The fourth-order valence-electron chi connectivity index (χ4n) is 2.91. The van der Waals surface area contributed by atoms with Crippen LogP contribution in [-0.4, -0.2) is 11.9 Å². The standard InChI is InChI=1S/C18H19N3O2/c19-18(23)20-11-12-5-7-14(8-6-12)17(22)21-16-10-9-13-3-1-2-4-15(13)16/h1-8,16H,9-11H2,(H,21,22)(H3,19,20,23). The number of rotatable bonds is 4. The maximum atomic E-state index is 12.4. The second kappa shape index (κ2) is 6.52. The number of aryl methyl sites for hydroxylation is 1. The smallest absolute Gasteiger partial charge is 0.312 e. The van der Waals surface area contributed by atoms with Crippen LogP contribution in [0.15, 0.2) is 48.5 Å². The molecule has 1 atom stereocenters. The summed E-state index contributed by atoms with van der Waals surface area (Å²) in [6, 6.07) is 14.9. The molecule has 3 rings (SSSR count). The van der Waals surface area contributed by atoms with Gasteiger partial charge in [0.15, 0.2) is 0 Å². The minimum Gasteiger partial charge on any atom is -0.352 e. The third kappa shape index (κ3) is 3.51. The summed E-state index contributed by atoms with van der Waals surface area (Å²) in [6.45, 7) is 0.354. The molecule has 0 heterocycles. The molecule has 118 valence electrons. The molecule has 2 aromatic rings. The van der Waals surface area contributed by atoms with E-state index >= 15 is 0 Å². The molecule has 0 saturated heterocycles. The maximum absolute atomic E-state index is 12.4. The lowest BCUT2D eigenvalue weighted by Crippen LogP contribution is -2.29. The normalized spacial score (nSPS) is 15.7. The van der Waals surface area contributed by atoms with Crippen molar-refractivity contribution >= 4 is 11.9 Å². The zero-order valence-corrected chi connectivity index (χ0v) is 12.7. The summed E-state index contributed by atoms with van der Waals surface area (Å²) in [5, 5.41) is 5.61. The van der Waals surface area contributed by atoms with Crippen molar-refractivity contribution in [3.05, 3.63) is 70.8 Å².